The zero-order valence-electron chi connectivity index (χ0n) is 18.0. The second kappa shape index (κ2) is 13.5. The van der Waals surface area contributed by atoms with Crippen LogP contribution >= 0.6 is 12.2 Å². The molecule has 34 heavy (non-hydrogen) atoms. The van der Waals surface area contributed by atoms with E-state index < -0.39 is 23.0 Å². The van der Waals surface area contributed by atoms with Crippen LogP contribution in [0.15, 0.2) is 48.5 Å². The summed E-state index contributed by atoms with van der Waals surface area (Å²) in [6, 6.07) is 12.3. The molecule has 2 N–H and O–H groups in total. The van der Waals surface area contributed by atoms with Gasteiger partial charge < -0.3 is 24.8 Å². The topological polar surface area (TPSA) is 157 Å². The van der Waals surface area contributed by atoms with Gasteiger partial charge in [-0.05, 0) is 49.2 Å². The number of thiocarbonyl (C=S) groups is 1. The van der Waals surface area contributed by atoms with E-state index in [1.165, 1.54) is 24.3 Å². The summed E-state index contributed by atoms with van der Waals surface area (Å²) >= 11 is 4.85. The van der Waals surface area contributed by atoms with Crippen LogP contribution in [0.2, 0.25) is 0 Å². The fourth-order valence-electron chi connectivity index (χ4n) is 2.56. The van der Waals surface area contributed by atoms with Crippen LogP contribution in [-0.4, -0.2) is 41.2 Å². The van der Waals surface area contributed by atoms with Gasteiger partial charge in [0.25, 0.3) is 5.09 Å². The Kier molecular flexibility index (Phi) is 10.4. The van der Waals surface area contributed by atoms with Crippen molar-refractivity contribution >= 4 is 35.1 Å². The molecule has 0 heterocycles. The first-order chi connectivity index (χ1) is 16.3. The van der Waals surface area contributed by atoms with E-state index in [0.29, 0.717) is 18.4 Å². The van der Waals surface area contributed by atoms with Gasteiger partial charge in [0.05, 0.1) is 26.1 Å². The van der Waals surface area contributed by atoms with Gasteiger partial charge in [0.15, 0.2) is 0 Å². The van der Waals surface area contributed by atoms with Crippen LogP contribution in [0.5, 0.6) is 11.5 Å². The predicted molar refractivity (Wildman–Crippen MR) is 122 cm³/mol. The average Bonchev–Trinajstić information content (AvgIpc) is 2.80. The first-order valence-electron chi connectivity index (χ1n) is 10.1. The second-order valence-electron chi connectivity index (χ2n) is 6.73. The Morgan fingerprint density at radius 2 is 1.53 bits per heavy atom. The molecule has 0 saturated heterocycles. The Balaban J connectivity index is 1.79. The number of nitrogens with two attached hydrogens (primary N) is 1. The molecular weight excluding hydrogens is 468 g/mol. The molecule has 12 heteroatoms. The first kappa shape index (κ1) is 26.2. The van der Waals surface area contributed by atoms with E-state index in [9.17, 15) is 24.5 Å². The summed E-state index contributed by atoms with van der Waals surface area (Å²) in [4.78, 5) is 50.9. The Bertz CT molecular complexity index is 1040. The van der Waals surface area contributed by atoms with Crippen molar-refractivity contribution in [1.82, 2.24) is 0 Å². The molecule has 0 saturated carbocycles. The molecule has 0 amide bonds. The lowest BCUT2D eigenvalue weighted by atomic mass is 10.2. The average molecular weight is 490 g/mol. The van der Waals surface area contributed by atoms with Crippen molar-refractivity contribution in [1.29, 1.82) is 0 Å². The molecule has 0 bridgehead atoms. The van der Waals surface area contributed by atoms with Crippen LogP contribution in [-0.2, 0) is 19.2 Å². The highest BCUT2D eigenvalue weighted by atomic mass is 32.1. The highest BCUT2D eigenvalue weighted by Crippen LogP contribution is 2.20. The van der Waals surface area contributed by atoms with Crippen LogP contribution in [0.25, 0.3) is 0 Å². The van der Waals surface area contributed by atoms with Crippen molar-refractivity contribution in [2.24, 2.45) is 5.73 Å². The number of unbranched alkanes of at least 4 members (excludes halogenated alkanes) is 1. The van der Waals surface area contributed by atoms with Gasteiger partial charge in [-0.1, -0.05) is 24.4 Å². The minimum absolute atomic E-state index is 0.00603. The number of nitrogens with zero attached hydrogens (tertiary/aromatic N) is 1. The third-order valence-corrected chi connectivity index (χ3v) is 4.44. The molecule has 2 aromatic rings. The van der Waals surface area contributed by atoms with E-state index >= 15 is 0 Å². The lowest BCUT2D eigenvalue weighted by Crippen LogP contribution is -2.16. The lowest BCUT2D eigenvalue weighted by Gasteiger charge is -2.10. The molecular formula is C22H22N2O9S. The second-order valence-corrected chi connectivity index (χ2v) is 7.17. The first-order valence-corrected chi connectivity index (χ1v) is 10.5. The number of carbonyl (C=O) groups excluding carboxylic acids is 3. The molecule has 2 rings (SSSR count). The number of benzene rings is 2. The number of para-hydroxylation sites is 1. The van der Waals surface area contributed by atoms with Gasteiger partial charge in [0.2, 0.25) is 0 Å². The summed E-state index contributed by atoms with van der Waals surface area (Å²) in [5.41, 5.74) is 6.16. The molecule has 0 unspecified atom stereocenters. The van der Waals surface area contributed by atoms with Crippen LogP contribution in [0.4, 0.5) is 0 Å². The number of ether oxygens (including phenoxy) is 3. The van der Waals surface area contributed by atoms with Crippen molar-refractivity contribution in [2.75, 3.05) is 13.2 Å². The summed E-state index contributed by atoms with van der Waals surface area (Å²) in [6.45, 7) is -0.0969. The largest absolute Gasteiger partial charge is 0.462 e. The SMILES string of the molecule is NC(=S)c1ccc(OC(=O)CCC(=O)Oc2ccccc2C(=O)OCCCCO[N+](=O)[O-])cc1. The van der Waals surface area contributed by atoms with Crippen LogP contribution in [0, 0.1) is 10.1 Å². The van der Waals surface area contributed by atoms with Gasteiger partial charge in [-0.2, -0.15) is 0 Å². The molecule has 2 aromatic carbocycles. The molecule has 0 aliphatic carbocycles. The van der Waals surface area contributed by atoms with E-state index in [0.717, 1.165) is 0 Å². The predicted octanol–water partition coefficient (Wildman–Crippen LogP) is 2.76. The smallest absolute Gasteiger partial charge is 0.341 e. The van der Waals surface area contributed by atoms with E-state index in [-0.39, 0.29) is 48.1 Å². The summed E-state index contributed by atoms with van der Waals surface area (Å²) in [5.74, 6) is -1.85. The maximum absolute atomic E-state index is 12.3. The van der Waals surface area contributed by atoms with Crippen LogP contribution in [0.1, 0.15) is 41.6 Å². The molecule has 180 valence electrons. The normalized spacial score (nSPS) is 10.1. The zero-order valence-corrected chi connectivity index (χ0v) is 18.8. The molecule has 0 spiro atoms. The minimum atomic E-state index is -0.897. The van der Waals surface area contributed by atoms with E-state index in [4.69, 9.17) is 32.2 Å². The number of esters is 3. The van der Waals surface area contributed by atoms with Crippen molar-refractivity contribution in [2.45, 2.75) is 25.7 Å². The van der Waals surface area contributed by atoms with Crippen molar-refractivity contribution in [3.63, 3.8) is 0 Å². The van der Waals surface area contributed by atoms with E-state index in [1.54, 1.807) is 24.3 Å². The summed E-state index contributed by atoms with van der Waals surface area (Å²) in [6.07, 6.45) is 0.162. The highest BCUT2D eigenvalue weighted by molar-refractivity contribution is 7.80. The highest BCUT2D eigenvalue weighted by Gasteiger charge is 2.17. The molecule has 0 aliphatic heterocycles. The van der Waals surface area contributed by atoms with Gasteiger partial charge in [0, 0.05) is 5.56 Å². The fourth-order valence-corrected chi connectivity index (χ4v) is 2.69. The Hall–Kier alpha value is -4.06. The Morgan fingerprint density at radius 3 is 2.18 bits per heavy atom. The van der Waals surface area contributed by atoms with Crippen LogP contribution in [0.3, 0.4) is 0 Å². The quantitative estimate of drug-likeness (QED) is 0.110. The standard InChI is InChI=1S/C22H22N2O9S/c23-21(34)15-7-9-16(10-8-15)32-19(25)11-12-20(26)33-18-6-2-1-5-17(18)22(27)30-13-3-4-14-31-24(28)29/h1-2,5-10H,3-4,11-14H2,(H2,23,34). The van der Waals surface area contributed by atoms with Gasteiger partial charge in [-0.15, -0.1) is 10.1 Å². The number of hydrogen-bond donors (Lipinski definition) is 1. The molecule has 0 atom stereocenters. The molecule has 11 nitrogen and oxygen atoms in total. The van der Waals surface area contributed by atoms with Gasteiger partial charge in [0.1, 0.15) is 22.1 Å². The molecule has 0 aliphatic rings. The summed E-state index contributed by atoms with van der Waals surface area (Å²) < 4.78 is 15.5. The minimum Gasteiger partial charge on any atom is -0.462 e. The number of rotatable bonds is 13. The zero-order chi connectivity index (χ0) is 24.9. The van der Waals surface area contributed by atoms with Gasteiger partial charge >= 0.3 is 17.9 Å². The fraction of sp³-hybridized carbons (Fsp3) is 0.273. The molecule has 0 radical (unpaired) electrons. The van der Waals surface area contributed by atoms with Gasteiger partial charge in [-0.25, -0.2) is 4.79 Å². The number of carbonyl (C=O) groups is 3. The summed E-state index contributed by atoms with van der Waals surface area (Å²) in [7, 11) is 0. The molecule has 0 fully saturated rings. The Morgan fingerprint density at radius 1 is 0.912 bits per heavy atom. The lowest BCUT2D eigenvalue weighted by molar-refractivity contribution is -0.757. The van der Waals surface area contributed by atoms with Crippen molar-refractivity contribution < 1.29 is 38.5 Å². The van der Waals surface area contributed by atoms with E-state index in [2.05, 4.69) is 4.84 Å². The van der Waals surface area contributed by atoms with Crippen molar-refractivity contribution in [3.8, 4) is 11.5 Å². The Labute approximate surface area is 199 Å². The molecule has 0 aromatic heterocycles. The third kappa shape index (κ3) is 9.20. The van der Waals surface area contributed by atoms with Crippen molar-refractivity contribution in [3.05, 3.63) is 69.8 Å². The third-order valence-electron chi connectivity index (χ3n) is 4.20. The summed E-state index contributed by atoms with van der Waals surface area (Å²) in [5, 5.41) is 9.17. The number of hydrogen-bond acceptors (Lipinski definition) is 10. The van der Waals surface area contributed by atoms with E-state index in [1.807, 2.05) is 0 Å². The van der Waals surface area contributed by atoms with Crippen LogP contribution < -0.4 is 15.2 Å². The maximum atomic E-state index is 12.3. The van der Waals surface area contributed by atoms with Gasteiger partial charge in [-0.3, -0.25) is 9.59 Å². The monoisotopic (exact) mass is 490 g/mol. The maximum Gasteiger partial charge on any atom is 0.341 e.